The molecule has 0 spiro atoms. The number of hydrogen-bond donors (Lipinski definition) is 1. The number of aromatic nitrogens is 1. The Hall–Kier alpha value is -1.13. The van der Waals surface area contributed by atoms with Crippen LogP contribution in [0.4, 0.5) is 0 Å². The summed E-state index contributed by atoms with van der Waals surface area (Å²) in [6.45, 7) is 0.803. The summed E-state index contributed by atoms with van der Waals surface area (Å²) in [6, 6.07) is 3.79. The lowest BCUT2D eigenvalue weighted by Crippen LogP contribution is -2.04. The molecule has 68 valence electrons. The van der Waals surface area contributed by atoms with Gasteiger partial charge in [0.2, 0.25) is 0 Å². The molecule has 3 nitrogen and oxygen atoms in total. The van der Waals surface area contributed by atoms with Crippen molar-refractivity contribution >= 4 is 11.3 Å². The summed E-state index contributed by atoms with van der Waals surface area (Å²) in [5, 5.41) is 6.03. The highest BCUT2D eigenvalue weighted by Gasteiger charge is 2.05. The van der Waals surface area contributed by atoms with E-state index in [4.69, 9.17) is 4.42 Å². The topological polar surface area (TPSA) is 38.1 Å². The first-order chi connectivity index (χ1) is 6.40. The zero-order valence-corrected chi connectivity index (χ0v) is 8.10. The van der Waals surface area contributed by atoms with E-state index in [1.807, 2.05) is 24.6 Å². The minimum Gasteiger partial charge on any atom is -0.462 e. The predicted octanol–water partition coefficient (Wildman–Crippen LogP) is 2.12. The van der Waals surface area contributed by atoms with Crippen molar-refractivity contribution in [1.29, 1.82) is 0 Å². The molecule has 0 saturated heterocycles. The fraction of sp³-hybridized carbons (Fsp3) is 0.222. The highest BCUT2D eigenvalue weighted by Crippen LogP contribution is 2.23. The van der Waals surface area contributed by atoms with E-state index in [9.17, 15) is 0 Å². The van der Waals surface area contributed by atoms with Gasteiger partial charge in [0.1, 0.15) is 0 Å². The average Bonchev–Trinajstić information content (AvgIpc) is 2.70. The molecule has 13 heavy (non-hydrogen) atoms. The average molecular weight is 194 g/mol. The second-order valence-corrected chi connectivity index (χ2v) is 3.51. The monoisotopic (exact) mass is 194 g/mol. The van der Waals surface area contributed by atoms with Crippen LogP contribution in [0.5, 0.6) is 0 Å². The van der Waals surface area contributed by atoms with E-state index in [0.717, 1.165) is 23.0 Å². The van der Waals surface area contributed by atoms with E-state index in [0.29, 0.717) is 0 Å². The fourth-order valence-corrected chi connectivity index (χ4v) is 1.87. The normalized spacial score (nSPS) is 10.5. The van der Waals surface area contributed by atoms with Gasteiger partial charge in [-0.2, -0.15) is 0 Å². The van der Waals surface area contributed by atoms with Crippen LogP contribution >= 0.6 is 11.3 Å². The first-order valence-electron chi connectivity index (χ1n) is 4.03. The summed E-state index contributed by atoms with van der Waals surface area (Å²) in [5.74, 6) is 0.840. The molecule has 0 bridgehead atoms. The van der Waals surface area contributed by atoms with Crippen molar-refractivity contribution in [2.45, 2.75) is 6.54 Å². The number of nitrogens with one attached hydrogen (secondary N) is 1. The Bertz CT molecular complexity index is 367. The van der Waals surface area contributed by atoms with Crippen molar-refractivity contribution < 1.29 is 4.42 Å². The molecule has 0 aliphatic heterocycles. The molecule has 0 aliphatic carbocycles. The molecule has 0 radical (unpaired) electrons. The van der Waals surface area contributed by atoms with Gasteiger partial charge in [0.15, 0.2) is 10.8 Å². The molecule has 0 unspecified atom stereocenters. The van der Waals surface area contributed by atoms with Crippen molar-refractivity contribution in [3.8, 4) is 10.8 Å². The second kappa shape index (κ2) is 3.72. The first-order valence-corrected chi connectivity index (χ1v) is 4.91. The number of nitrogens with zero attached hydrogens (tertiary/aromatic N) is 1. The fourth-order valence-electron chi connectivity index (χ4n) is 1.08. The van der Waals surface area contributed by atoms with Gasteiger partial charge in [-0.15, -0.1) is 11.3 Å². The van der Waals surface area contributed by atoms with E-state index in [-0.39, 0.29) is 0 Å². The third-order valence-electron chi connectivity index (χ3n) is 1.64. The van der Waals surface area contributed by atoms with Crippen LogP contribution < -0.4 is 5.32 Å². The van der Waals surface area contributed by atoms with Crippen molar-refractivity contribution in [3.63, 3.8) is 0 Å². The smallest absolute Gasteiger partial charge is 0.162 e. The molecular formula is C9H10N2OS. The summed E-state index contributed by atoms with van der Waals surface area (Å²) in [6.07, 6.45) is 1.66. The third-order valence-corrected chi connectivity index (χ3v) is 2.55. The maximum Gasteiger partial charge on any atom is 0.162 e. The number of rotatable bonds is 3. The van der Waals surface area contributed by atoms with Gasteiger partial charge in [-0.3, -0.25) is 0 Å². The molecule has 0 aliphatic rings. The van der Waals surface area contributed by atoms with Crippen molar-refractivity contribution in [2.24, 2.45) is 0 Å². The number of furan rings is 1. The van der Waals surface area contributed by atoms with Crippen LogP contribution in [0.1, 0.15) is 5.69 Å². The van der Waals surface area contributed by atoms with E-state index in [1.165, 1.54) is 0 Å². The van der Waals surface area contributed by atoms with Gasteiger partial charge in [0.05, 0.1) is 12.0 Å². The summed E-state index contributed by atoms with van der Waals surface area (Å²) in [4.78, 5) is 4.40. The van der Waals surface area contributed by atoms with Crippen molar-refractivity contribution in [2.75, 3.05) is 7.05 Å². The minimum atomic E-state index is 0.803. The van der Waals surface area contributed by atoms with Gasteiger partial charge in [0, 0.05) is 11.9 Å². The van der Waals surface area contributed by atoms with Crippen LogP contribution in [0.2, 0.25) is 0 Å². The van der Waals surface area contributed by atoms with Gasteiger partial charge in [0.25, 0.3) is 0 Å². The minimum absolute atomic E-state index is 0.803. The number of hydrogen-bond acceptors (Lipinski definition) is 4. The van der Waals surface area contributed by atoms with Crippen LogP contribution in [0.15, 0.2) is 28.2 Å². The Morgan fingerprint density at radius 2 is 2.54 bits per heavy atom. The maximum absolute atomic E-state index is 5.24. The molecular weight excluding hydrogens is 184 g/mol. The third kappa shape index (κ3) is 1.79. The molecule has 0 aromatic carbocycles. The predicted molar refractivity (Wildman–Crippen MR) is 52.6 cm³/mol. The Kier molecular flexibility index (Phi) is 2.42. The molecule has 2 rings (SSSR count). The van der Waals surface area contributed by atoms with E-state index in [2.05, 4.69) is 10.3 Å². The van der Waals surface area contributed by atoms with Crippen LogP contribution in [0.3, 0.4) is 0 Å². The van der Waals surface area contributed by atoms with Crippen LogP contribution in [-0.2, 0) is 6.54 Å². The Balaban J connectivity index is 2.23. The molecule has 1 N–H and O–H groups in total. The summed E-state index contributed by atoms with van der Waals surface area (Å²) >= 11 is 1.60. The van der Waals surface area contributed by atoms with Crippen LogP contribution in [-0.4, -0.2) is 12.0 Å². The van der Waals surface area contributed by atoms with Crippen molar-refractivity contribution in [1.82, 2.24) is 10.3 Å². The lowest BCUT2D eigenvalue weighted by atomic mass is 10.4. The molecule has 0 atom stereocenters. The highest BCUT2D eigenvalue weighted by molar-refractivity contribution is 7.13. The van der Waals surface area contributed by atoms with E-state index < -0.39 is 0 Å². The molecule has 0 saturated carbocycles. The summed E-state index contributed by atoms with van der Waals surface area (Å²) < 4.78 is 5.24. The molecule has 0 fully saturated rings. The summed E-state index contributed by atoms with van der Waals surface area (Å²) in [5.41, 5.74) is 1.05. The Morgan fingerprint density at radius 3 is 3.23 bits per heavy atom. The Morgan fingerprint density at radius 1 is 1.62 bits per heavy atom. The van der Waals surface area contributed by atoms with Gasteiger partial charge in [-0.25, -0.2) is 4.98 Å². The van der Waals surface area contributed by atoms with Crippen molar-refractivity contribution in [3.05, 3.63) is 29.5 Å². The zero-order chi connectivity index (χ0) is 9.10. The molecule has 2 aromatic heterocycles. The summed E-state index contributed by atoms with van der Waals surface area (Å²) in [7, 11) is 1.91. The molecule has 2 aromatic rings. The van der Waals surface area contributed by atoms with Crippen LogP contribution in [0.25, 0.3) is 10.8 Å². The number of thiazole rings is 1. The Labute approximate surface area is 80.4 Å². The SMILES string of the molecule is CNCc1csc(-c2ccco2)n1. The quantitative estimate of drug-likeness (QED) is 0.813. The maximum atomic E-state index is 5.24. The van der Waals surface area contributed by atoms with Gasteiger partial charge in [-0.05, 0) is 19.2 Å². The van der Waals surface area contributed by atoms with E-state index >= 15 is 0 Å². The molecule has 0 amide bonds. The zero-order valence-electron chi connectivity index (χ0n) is 7.28. The van der Waals surface area contributed by atoms with Gasteiger partial charge >= 0.3 is 0 Å². The van der Waals surface area contributed by atoms with E-state index in [1.54, 1.807) is 17.6 Å². The lowest BCUT2D eigenvalue weighted by molar-refractivity contribution is 0.581. The lowest BCUT2D eigenvalue weighted by Gasteiger charge is -1.90. The second-order valence-electron chi connectivity index (χ2n) is 2.65. The van der Waals surface area contributed by atoms with Crippen LogP contribution in [0, 0.1) is 0 Å². The first kappa shape index (κ1) is 8.47. The van der Waals surface area contributed by atoms with Gasteiger partial charge < -0.3 is 9.73 Å². The standard InChI is InChI=1S/C9H10N2OS/c1-10-5-7-6-13-9(11-7)8-3-2-4-12-8/h2-4,6,10H,5H2,1H3. The largest absolute Gasteiger partial charge is 0.462 e. The highest BCUT2D eigenvalue weighted by atomic mass is 32.1. The molecule has 2 heterocycles. The molecule has 4 heteroatoms. The van der Waals surface area contributed by atoms with Gasteiger partial charge in [-0.1, -0.05) is 0 Å².